The summed E-state index contributed by atoms with van der Waals surface area (Å²) >= 11 is 5.85. The van der Waals surface area contributed by atoms with Crippen LogP contribution in [0, 0.1) is 23.1 Å². The first-order valence-electron chi connectivity index (χ1n) is 10.6. The number of nitrogen functional groups attached to an aromatic ring is 1. The van der Waals surface area contributed by atoms with E-state index >= 15 is 0 Å². The maximum atomic E-state index is 13.3. The van der Waals surface area contributed by atoms with Crippen LogP contribution in [0.2, 0.25) is 5.02 Å². The van der Waals surface area contributed by atoms with Crippen molar-refractivity contribution < 1.29 is 14.0 Å². The number of nitrogens with two attached hydrogens (primary N) is 1. The first kappa shape index (κ1) is 23.9. The van der Waals surface area contributed by atoms with Gasteiger partial charge in [-0.25, -0.2) is 4.39 Å². The minimum atomic E-state index is -0.437. The molecule has 3 atom stereocenters. The molecular weight excluding hydrogens is 431 g/mol. The van der Waals surface area contributed by atoms with E-state index in [4.69, 9.17) is 22.7 Å². The number of benzene rings is 2. The van der Waals surface area contributed by atoms with Gasteiger partial charge >= 0.3 is 0 Å². The van der Waals surface area contributed by atoms with Crippen LogP contribution in [0.4, 0.5) is 4.39 Å². The maximum Gasteiger partial charge on any atom is 0.223 e. The first-order valence-corrected chi connectivity index (χ1v) is 11.0. The van der Waals surface area contributed by atoms with Crippen LogP contribution >= 0.6 is 11.6 Å². The van der Waals surface area contributed by atoms with Gasteiger partial charge < -0.3 is 16.4 Å². The van der Waals surface area contributed by atoms with Crippen LogP contribution in [0.1, 0.15) is 36.5 Å². The first-order chi connectivity index (χ1) is 15.2. The number of Topliss-reactive ketones (excluding diaryl/α,β-unsaturated/α-hetero) is 1. The van der Waals surface area contributed by atoms with Gasteiger partial charge in [0.15, 0.2) is 5.78 Å². The Morgan fingerprint density at radius 1 is 1.25 bits per heavy atom. The summed E-state index contributed by atoms with van der Waals surface area (Å²) in [6.45, 7) is 2.79. The molecule has 0 unspecified atom stereocenters. The molecule has 32 heavy (non-hydrogen) atoms. The van der Waals surface area contributed by atoms with Crippen molar-refractivity contribution in [1.29, 1.82) is 5.41 Å². The van der Waals surface area contributed by atoms with Crippen molar-refractivity contribution in [3.05, 3.63) is 70.0 Å². The molecule has 1 heterocycles. The molecule has 1 fully saturated rings. The highest BCUT2D eigenvalue weighted by atomic mass is 35.5. The van der Waals surface area contributed by atoms with Gasteiger partial charge in [0.1, 0.15) is 11.7 Å². The number of carbonyl (C=O) groups excluding carboxylic acids is 2. The van der Waals surface area contributed by atoms with Gasteiger partial charge in [-0.3, -0.25) is 15.0 Å². The Balaban J connectivity index is 1.43. The van der Waals surface area contributed by atoms with Crippen LogP contribution < -0.4 is 16.4 Å². The average Bonchev–Trinajstić information content (AvgIpc) is 3.23. The van der Waals surface area contributed by atoms with Gasteiger partial charge in [-0.15, -0.1) is 0 Å². The number of hydrogen-bond donors (Lipinski definition) is 4. The lowest BCUT2D eigenvalue weighted by molar-refractivity contribution is -0.129. The van der Waals surface area contributed by atoms with Crippen LogP contribution in [-0.4, -0.2) is 30.1 Å². The predicted molar refractivity (Wildman–Crippen MR) is 123 cm³/mol. The lowest BCUT2D eigenvalue weighted by Gasteiger charge is -2.15. The van der Waals surface area contributed by atoms with E-state index in [1.807, 2.05) is 12.1 Å². The minimum absolute atomic E-state index is 0.00283. The third-order valence-corrected chi connectivity index (χ3v) is 6.10. The summed E-state index contributed by atoms with van der Waals surface area (Å²) < 4.78 is 13.3. The van der Waals surface area contributed by atoms with E-state index in [9.17, 15) is 14.0 Å². The van der Waals surface area contributed by atoms with E-state index in [0.717, 1.165) is 17.5 Å². The smallest absolute Gasteiger partial charge is 0.223 e. The molecule has 0 saturated carbocycles. The zero-order valence-corrected chi connectivity index (χ0v) is 18.7. The van der Waals surface area contributed by atoms with Crippen molar-refractivity contribution in [2.75, 3.05) is 6.54 Å². The Kier molecular flexibility index (Phi) is 7.99. The molecule has 2 aromatic carbocycles. The SMILES string of the molecule is C[C@H](CC(=O)[C@H]1C[C@H](Cc2ccc(F)c(Cl)c2)CN1)C(=O)NCc1ccc(C(=N)N)cc1. The number of carbonyl (C=O) groups is 2. The van der Waals surface area contributed by atoms with E-state index in [1.165, 1.54) is 6.07 Å². The van der Waals surface area contributed by atoms with E-state index in [0.29, 0.717) is 25.1 Å². The third-order valence-electron chi connectivity index (χ3n) is 5.81. The van der Waals surface area contributed by atoms with Gasteiger partial charge in [0.25, 0.3) is 0 Å². The van der Waals surface area contributed by atoms with Crippen molar-refractivity contribution in [2.24, 2.45) is 17.6 Å². The summed E-state index contributed by atoms with van der Waals surface area (Å²) in [5.41, 5.74) is 7.90. The quantitative estimate of drug-likeness (QED) is 0.342. The molecule has 0 spiro atoms. The normalized spacial score (nSPS) is 18.8. The molecule has 5 N–H and O–H groups in total. The van der Waals surface area contributed by atoms with Crippen molar-refractivity contribution in [2.45, 2.75) is 38.8 Å². The number of hydrogen-bond acceptors (Lipinski definition) is 4. The number of halogens is 2. The van der Waals surface area contributed by atoms with Crippen LogP contribution in [-0.2, 0) is 22.6 Å². The molecule has 1 saturated heterocycles. The predicted octanol–water partition coefficient (Wildman–Crippen LogP) is 3.20. The molecule has 2 aromatic rings. The number of ketones is 1. The summed E-state index contributed by atoms with van der Waals surface area (Å²) in [5.74, 6) is -0.767. The molecule has 8 heteroatoms. The van der Waals surface area contributed by atoms with Crippen molar-refractivity contribution in [3.63, 3.8) is 0 Å². The standard InChI is InChI=1S/C24H28ClFN4O2/c1-14(24(32)30-12-15-2-5-18(6-3-15)23(27)28)8-22(31)21-11-17(13-29-21)9-16-4-7-20(26)19(25)10-16/h2-7,10,14,17,21,29H,8-9,11-13H2,1H3,(H3,27,28)(H,30,32)/t14-,17+,21-/m1/s1. The van der Waals surface area contributed by atoms with Crippen molar-refractivity contribution >= 4 is 29.1 Å². The second kappa shape index (κ2) is 10.7. The molecule has 1 amide bonds. The summed E-state index contributed by atoms with van der Waals surface area (Å²) in [7, 11) is 0. The van der Waals surface area contributed by atoms with Gasteiger partial charge in [0, 0.05) is 24.4 Å². The Bertz CT molecular complexity index is 996. The van der Waals surface area contributed by atoms with Gasteiger partial charge in [0.2, 0.25) is 5.91 Å². The summed E-state index contributed by atoms with van der Waals surface area (Å²) in [4.78, 5) is 25.1. The van der Waals surface area contributed by atoms with Gasteiger partial charge in [0.05, 0.1) is 11.1 Å². The number of nitrogens with one attached hydrogen (secondary N) is 3. The van der Waals surface area contributed by atoms with Crippen LogP contribution in [0.5, 0.6) is 0 Å². The zero-order chi connectivity index (χ0) is 23.3. The summed E-state index contributed by atoms with van der Waals surface area (Å²) in [6.07, 6.45) is 1.57. The lowest BCUT2D eigenvalue weighted by atomic mass is 9.93. The fraction of sp³-hybridized carbons (Fsp3) is 0.375. The Morgan fingerprint density at radius 3 is 2.59 bits per heavy atom. The minimum Gasteiger partial charge on any atom is -0.384 e. The molecule has 0 aliphatic carbocycles. The van der Waals surface area contributed by atoms with Crippen LogP contribution in [0.15, 0.2) is 42.5 Å². The van der Waals surface area contributed by atoms with Crippen molar-refractivity contribution in [1.82, 2.24) is 10.6 Å². The van der Waals surface area contributed by atoms with E-state index in [1.54, 1.807) is 31.2 Å². The molecule has 1 aliphatic rings. The lowest BCUT2D eigenvalue weighted by Crippen LogP contribution is -2.35. The van der Waals surface area contributed by atoms with E-state index in [2.05, 4.69) is 10.6 Å². The Morgan fingerprint density at radius 2 is 1.94 bits per heavy atom. The highest BCUT2D eigenvalue weighted by Crippen LogP contribution is 2.24. The largest absolute Gasteiger partial charge is 0.384 e. The Labute approximate surface area is 192 Å². The monoisotopic (exact) mass is 458 g/mol. The topological polar surface area (TPSA) is 108 Å². The van der Waals surface area contributed by atoms with Crippen LogP contribution in [0.3, 0.4) is 0 Å². The van der Waals surface area contributed by atoms with Gasteiger partial charge in [-0.1, -0.05) is 48.9 Å². The van der Waals surface area contributed by atoms with Crippen LogP contribution in [0.25, 0.3) is 0 Å². The summed E-state index contributed by atoms with van der Waals surface area (Å²) in [6, 6.07) is 11.5. The highest BCUT2D eigenvalue weighted by molar-refractivity contribution is 6.30. The number of amides is 1. The molecule has 0 aromatic heterocycles. The van der Waals surface area contributed by atoms with Crippen molar-refractivity contribution in [3.8, 4) is 0 Å². The molecule has 3 rings (SSSR count). The molecule has 1 aliphatic heterocycles. The number of rotatable bonds is 9. The highest BCUT2D eigenvalue weighted by Gasteiger charge is 2.31. The summed E-state index contributed by atoms with van der Waals surface area (Å²) in [5, 5.41) is 13.6. The molecule has 0 bridgehead atoms. The van der Waals surface area contributed by atoms with E-state index in [-0.39, 0.29) is 40.9 Å². The molecular formula is C24H28ClFN4O2. The third kappa shape index (κ3) is 6.37. The molecule has 6 nitrogen and oxygen atoms in total. The number of amidine groups is 1. The maximum absolute atomic E-state index is 13.3. The fourth-order valence-electron chi connectivity index (χ4n) is 3.91. The molecule has 0 radical (unpaired) electrons. The van der Waals surface area contributed by atoms with Gasteiger partial charge in [-0.2, -0.15) is 0 Å². The fourth-order valence-corrected chi connectivity index (χ4v) is 4.12. The second-order valence-corrected chi connectivity index (χ2v) is 8.82. The second-order valence-electron chi connectivity index (χ2n) is 8.42. The van der Waals surface area contributed by atoms with E-state index < -0.39 is 11.7 Å². The van der Waals surface area contributed by atoms with Gasteiger partial charge in [-0.05, 0) is 48.6 Å². The Hall–Kier alpha value is -2.77. The average molecular weight is 459 g/mol. The zero-order valence-electron chi connectivity index (χ0n) is 18.0. The molecule has 170 valence electrons.